The molecular weight excluding hydrogens is 252 g/mol. The van der Waals surface area contributed by atoms with Gasteiger partial charge in [-0.15, -0.1) is 10.2 Å². The van der Waals surface area contributed by atoms with E-state index >= 15 is 0 Å². The molecule has 7 heteroatoms. The van der Waals surface area contributed by atoms with Crippen molar-refractivity contribution in [1.82, 2.24) is 15.5 Å². The Morgan fingerprint density at radius 1 is 1.44 bits per heavy atom. The maximum Gasteiger partial charge on any atom is 0.271 e. The van der Waals surface area contributed by atoms with Gasteiger partial charge in [0.15, 0.2) is 5.69 Å². The van der Waals surface area contributed by atoms with Crippen LogP contribution in [0.1, 0.15) is 23.8 Å². The first-order valence-corrected chi connectivity index (χ1v) is 7.28. The van der Waals surface area contributed by atoms with E-state index in [2.05, 4.69) is 20.8 Å². The van der Waals surface area contributed by atoms with E-state index in [4.69, 9.17) is 0 Å². The predicted molar refractivity (Wildman–Crippen MR) is 72.1 cm³/mol. The van der Waals surface area contributed by atoms with Crippen molar-refractivity contribution in [3.8, 4) is 0 Å². The summed E-state index contributed by atoms with van der Waals surface area (Å²) in [6, 6.07) is 3.31. The lowest BCUT2D eigenvalue weighted by molar-refractivity contribution is 0.0957. The lowest BCUT2D eigenvalue weighted by Gasteiger charge is -2.09. The van der Waals surface area contributed by atoms with Gasteiger partial charge < -0.3 is 10.6 Å². The third kappa shape index (κ3) is 4.40. The first-order chi connectivity index (χ1) is 8.54. The van der Waals surface area contributed by atoms with Crippen molar-refractivity contribution in [1.29, 1.82) is 0 Å². The summed E-state index contributed by atoms with van der Waals surface area (Å²) in [4.78, 5) is 11.2. The lowest BCUT2D eigenvalue weighted by Crippen LogP contribution is -2.20. The molecule has 2 N–H and O–H groups in total. The van der Waals surface area contributed by atoms with Crippen LogP contribution in [-0.2, 0) is 10.8 Å². The second-order valence-corrected chi connectivity index (χ2v) is 5.71. The Morgan fingerprint density at radius 2 is 2.17 bits per heavy atom. The highest BCUT2D eigenvalue weighted by Crippen LogP contribution is 2.04. The number of aromatic nitrogens is 2. The van der Waals surface area contributed by atoms with E-state index in [0.717, 1.165) is 6.42 Å². The second-order valence-electron chi connectivity index (χ2n) is 3.91. The Kier molecular flexibility index (Phi) is 5.70. The average molecular weight is 270 g/mol. The molecule has 1 rings (SSSR count). The summed E-state index contributed by atoms with van der Waals surface area (Å²) in [5.41, 5.74) is 0.283. The third-order valence-corrected chi connectivity index (χ3v) is 3.92. The van der Waals surface area contributed by atoms with Crippen LogP contribution in [0.5, 0.6) is 0 Å². The monoisotopic (exact) mass is 270 g/mol. The van der Waals surface area contributed by atoms with Crippen LogP contribution < -0.4 is 10.6 Å². The Balaban J connectivity index is 2.44. The van der Waals surface area contributed by atoms with Gasteiger partial charge in [-0.3, -0.25) is 9.00 Å². The molecule has 1 aromatic rings. The Hall–Kier alpha value is -1.50. The standard InChI is InChI=1S/C11H18N4O2S/c1-8(18(3)17)6-7-13-10-5-4-9(14-15-10)11(16)12-2/h4-5,8H,6-7H2,1-3H3,(H,12,16)(H,13,15). The molecule has 0 saturated carbocycles. The average Bonchev–Trinajstić information content (AvgIpc) is 2.38. The minimum absolute atomic E-state index is 0.149. The first-order valence-electron chi connectivity index (χ1n) is 5.66. The zero-order chi connectivity index (χ0) is 13.5. The fourth-order valence-electron chi connectivity index (χ4n) is 1.25. The minimum atomic E-state index is -0.808. The zero-order valence-corrected chi connectivity index (χ0v) is 11.6. The van der Waals surface area contributed by atoms with Crippen molar-refractivity contribution in [2.75, 3.05) is 25.2 Å². The molecule has 0 aliphatic heterocycles. The summed E-state index contributed by atoms with van der Waals surface area (Å²) >= 11 is 0. The molecular formula is C11H18N4O2S. The molecule has 2 unspecified atom stereocenters. The number of amides is 1. The molecule has 0 aliphatic rings. The normalized spacial score (nSPS) is 13.7. The molecule has 0 saturated heterocycles. The van der Waals surface area contributed by atoms with Gasteiger partial charge in [0.2, 0.25) is 0 Å². The van der Waals surface area contributed by atoms with Gasteiger partial charge in [-0.25, -0.2) is 0 Å². The fraction of sp³-hybridized carbons (Fsp3) is 0.545. The van der Waals surface area contributed by atoms with E-state index in [1.54, 1.807) is 25.4 Å². The van der Waals surface area contributed by atoms with Crippen LogP contribution in [0.4, 0.5) is 5.82 Å². The summed E-state index contributed by atoms with van der Waals surface area (Å²) in [7, 11) is 0.736. The molecule has 1 heterocycles. The van der Waals surface area contributed by atoms with Crippen LogP contribution in [0.2, 0.25) is 0 Å². The third-order valence-electron chi connectivity index (χ3n) is 2.55. The summed E-state index contributed by atoms with van der Waals surface area (Å²) < 4.78 is 11.1. The zero-order valence-electron chi connectivity index (χ0n) is 10.8. The van der Waals surface area contributed by atoms with Gasteiger partial charge in [0.25, 0.3) is 5.91 Å². The van der Waals surface area contributed by atoms with E-state index in [1.807, 2.05) is 6.92 Å². The van der Waals surface area contributed by atoms with Crippen molar-refractivity contribution in [3.63, 3.8) is 0 Å². The second kappa shape index (κ2) is 7.05. The summed E-state index contributed by atoms with van der Waals surface area (Å²) in [6.45, 7) is 2.62. The molecule has 0 radical (unpaired) electrons. The highest BCUT2D eigenvalue weighted by molar-refractivity contribution is 7.84. The molecule has 0 bridgehead atoms. The topological polar surface area (TPSA) is 84.0 Å². The Labute approximate surface area is 109 Å². The van der Waals surface area contributed by atoms with Gasteiger partial charge in [0, 0.05) is 35.9 Å². The van der Waals surface area contributed by atoms with Crippen molar-refractivity contribution in [2.45, 2.75) is 18.6 Å². The van der Waals surface area contributed by atoms with Gasteiger partial charge >= 0.3 is 0 Å². The highest BCUT2D eigenvalue weighted by atomic mass is 32.2. The lowest BCUT2D eigenvalue weighted by atomic mass is 10.3. The van der Waals surface area contributed by atoms with Gasteiger partial charge in [-0.1, -0.05) is 6.92 Å². The van der Waals surface area contributed by atoms with E-state index < -0.39 is 10.8 Å². The maximum absolute atomic E-state index is 11.2. The van der Waals surface area contributed by atoms with E-state index in [1.165, 1.54) is 0 Å². The van der Waals surface area contributed by atoms with Gasteiger partial charge in [0.05, 0.1) is 0 Å². The quantitative estimate of drug-likeness (QED) is 0.782. The summed E-state index contributed by atoms with van der Waals surface area (Å²) in [5.74, 6) is 0.348. The summed E-state index contributed by atoms with van der Waals surface area (Å²) in [6.07, 6.45) is 2.49. The number of rotatable bonds is 6. The van der Waals surface area contributed by atoms with Gasteiger partial charge in [0.1, 0.15) is 5.82 Å². The molecule has 1 amide bonds. The van der Waals surface area contributed by atoms with E-state index in [9.17, 15) is 9.00 Å². The molecule has 18 heavy (non-hydrogen) atoms. The first kappa shape index (κ1) is 14.6. The minimum Gasteiger partial charge on any atom is -0.369 e. The number of nitrogens with zero attached hydrogens (tertiary/aromatic N) is 2. The highest BCUT2D eigenvalue weighted by Gasteiger charge is 2.07. The predicted octanol–water partition coefficient (Wildman–Crippen LogP) is 0.405. The van der Waals surface area contributed by atoms with Crippen LogP contribution in [0.3, 0.4) is 0 Å². The Bertz CT molecular complexity index is 422. The van der Waals surface area contributed by atoms with Gasteiger partial charge in [-0.05, 0) is 18.6 Å². The molecule has 100 valence electrons. The van der Waals surface area contributed by atoms with Crippen molar-refractivity contribution in [3.05, 3.63) is 17.8 Å². The van der Waals surface area contributed by atoms with Crippen LogP contribution in [0, 0.1) is 0 Å². The molecule has 0 aliphatic carbocycles. The molecule has 0 spiro atoms. The van der Waals surface area contributed by atoms with Crippen molar-refractivity contribution < 1.29 is 9.00 Å². The van der Waals surface area contributed by atoms with Crippen molar-refractivity contribution >= 4 is 22.5 Å². The van der Waals surface area contributed by atoms with Crippen LogP contribution in [0.15, 0.2) is 12.1 Å². The fourth-order valence-corrected chi connectivity index (χ4v) is 1.69. The molecule has 6 nitrogen and oxygen atoms in total. The molecule has 0 fully saturated rings. The molecule has 1 aromatic heterocycles. The number of carbonyl (C=O) groups is 1. The van der Waals surface area contributed by atoms with Crippen LogP contribution >= 0.6 is 0 Å². The number of anilines is 1. The van der Waals surface area contributed by atoms with Gasteiger partial charge in [-0.2, -0.15) is 0 Å². The van der Waals surface area contributed by atoms with E-state index in [0.29, 0.717) is 12.4 Å². The Morgan fingerprint density at radius 3 is 2.67 bits per heavy atom. The number of hydrogen-bond donors (Lipinski definition) is 2. The smallest absolute Gasteiger partial charge is 0.271 e. The van der Waals surface area contributed by atoms with E-state index in [-0.39, 0.29) is 16.9 Å². The number of hydrogen-bond acceptors (Lipinski definition) is 5. The molecule has 2 atom stereocenters. The summed E-state index contributed by atoms with van der Waals surface area (Å²) in [5, 5.41) is 13.4. The largest absolute Gasteiger partial charge is 0.369 e. The SMILES string of the molecule is CNC(=O)c1ccc(NCCC(C)S(C)=O)nn1. The van der Waals surface area contributed by atoms with Crippen LogP contribution in [0.25, 0.3) is 0 Å². The maximum atomic E-state index is 11.2. The molecule has 0 aromatic carbocycles. The number of nitrogens with one attached hydrogen (secondary N) is 2. The van der Waals surface area contributed by atoms with Crippen LogP contribution in [-0.4, -0.2) is 45.4 Å². The van der Waals surface area contributed by atoms with Crippen molar-refractivity contribution in [2.24, 2.45) is 0 Å². The number of carbonyl (C=O) groups excluding carboxylic acids is 1.